The first-order chi connectivity index (χ1) is 13.5. The molecule has 2 amide bonds. The Hall–Kier alpha value is -2.90. The molecule has 0 saturated carbocycles. The normalized spacial score (nSPS) is 13.8. The topological polar surface area (TPSA) is 93.9 Å². The van der Waals surface area contributed by atoms with Gasteiger partial charge in [0.15, 0.2) is 0 Å². The molecule has 1 aliphatic heterocycles. The number of amides is 2. The van der Waals surface area contributed by atoms with Gasteiger partial charge >= 0.3 is 0 Å². The van der Waals surface area contributed by atoms with Gasteiger partial charge in [-0.1, -0.05) is 18.2 Å². The van der Waals surface area contributed by atoms with Crippen molar-refractivity contribution < 1.29 is 19.1 Å². The van der Waals surface area contributed by atoms with Crippen LogP contribution in [0.1, 0.15) is 11.1 Å². The van der Waals surface area contributed by atoms with Crippen LogP contribution in [0.25, 0.3) is 0 Å². The number of carbonyl (C=O) groups is 2. The maximum atomic E-state index is 12.9. The highest BCUT2D eigenvalue weighted by atomic mass is 16.5. The minimum absolute atomic E-state index is 0.00608. The van der Waals surface area contributed by atoms with Crippen LogP contribution < -0.4 is 20.7 Å². The molecule has 0 aliphatic carbocycles. The van der Waals surface area contributed by atoms with Crippen molar-refractivity contribution in [1.82, 2.24) is 0 Å². The van der Waals surface area contributed by atoms with Gasteiger partial charge in [0.05, 0.1) is 20.1 Å². The van der Waals surface area contributed by atoms with Crippen LogP contribution in [0.15, 0.2) is 42.5 Å². The maximum Gasteiger partial charge on any atom is 0.243 e. The molecule has 1 heterocycles. The third-order valence-electron chi connectivity index (χ3n) is 4.72. The predicted molar refractivity (Wildman–Crippen MR) is 108 cm³/mol. The quantitative estimate of drug-likeness (QED) is 0.760. The number of fused-ring (bicyclic) bond motifs is 1. The lowest BCUT2D eigenvalue weighted by atomic mass is 10.1. The molecule has 0 bridgehead atoms. The van der Waals surface area contributed by atoms with Gasteiger partial charge in [0.2, 0.25) is 11.8 Å². The third-order valence-corrected chi connectivity index (χ3v) is 4.72. The van der Waals surface area contributed by atoms with E-state index in [1.165, 1.54) is 7.11 Å². The Morgan fingerprint density at radius 3 is 2.79 bits per heavy atom. The molecule has 28 heavy (non-hydrogen) atoms. The molecular formula is C21H25N3O4. The van der Waals surface area contributed by atoms with Gasteiger partial charge in [0.1, 0.15) is 11.8 Å². The highest BCUT2D eigenvalue weighted by Gasteiger charge is 2.25. The fourth-order valence-corrected chi connectivity index (χ4v) is 3.26. The van der Waals surface area contributed by atoms with Crippen molar-refractivity contribution in [2.24, 2.45) is 5.73 Å². The van der Waals surface area contributed by atoms with Gasteiger partial charge in [-0.2, -0.15) is 0 Å². The number of ether oxygens (including phenoxy) is 2. The summed E-state index contributed by atoms with van der Waals surface area (Å²) in [6, 6.07) is 12.3. The van der Waals surface area contributed by atoms with Crippen LogP contribution in [0.2, 0.25) is 0 Å². The molecular weight excluding hydrogens is 358 g/mol. The number of hydrogen-bond acceptors (Lipinski definition) is 5. The van der Waals surface area contributed by atoms with Crippen molar-refractivity contribution in [1.29, 1.82) is 0 Å². The smallest absolute Gasteiger partial charge is 0.243 e. The summed E-state index contributed by atoms with van der Waals surface area (Å²) in [6.07, 6.45) is 1.07. The summed E-state index contributed by atoms with van der Waals surface area (Å²) in [4.78, 5) is 26.7. The molecule has 1 atom stereocenters. The number of nitrogens with one attached hydrogen (secondary N) is 1. The molecule has 7 nitrogen and oxygen atoms in total. The van der Waals surface area contributed by atoms with E-state index in [1.54, 1.807) is 12.0 Å². The average molecular weight is 383 g/mol. The molecule has 0 spiro atoms. The number of hydrogen-bond donors (Lipinski definition) is 2. The van der Waals surface area contributed by atoms with Crippen molar-refractivity contribution in [2.45, 2.75) is 18.9 Å². The molecule has 7 heteroatoms. The Morgan fingerprint density at radius 2 is 2.04 bits per heavy atom. The van der Waals surface area contributed by atoms with E-state index in [-0.39, 0.29) is 24.8 Å². The van der Waals surface area contributed by atoms with E-state index in [0.29, 0.717) is 12.2 Å². The van der Waals surface area contributed by atoms with Crippen LogP contribution >= 0.6 is 0 Å². The number of nitrogens with two attached hydrogens (primary N) is 1. The standard InChI is InChI=1S/C21H25N3O4/c1-27-13-18(22)21(26)23-16-7-6-15-8-9-24(19(15)12-16)20(25)11-14-4-3-5-17(10-14)28-2/h3-7,10,12,18H,8-9,11,13,22H2,1-2H3,(H,23,26). The Balaban J connectivity index is 1.73. The van der Waals surface area contributed by atoms with Crippen LogP contribution in [-0.2, 0) is 27.2 Å². The molecule has 0 saturated heterocycles. The van der Waals surface area contributed by atoms with E-state index in [2.05, 4.69) is 5.32 Å². The molecule has 1 unspecified atom stereocenters. The molecule has 3 N–H and O–H groups in total. The zero-order valence-corrected chi connectivity index (χ0v) is 16.1. The highest BCUT2D eigenvalue weighted by Crippen LogP contribution is 2.31. The Morgan fingerprint density at radius 1 is 1.21 bits per heavy atom. The number of methoxy groups -OCH3 is 2. The Labute approximate surface area is 164 Å². The number of carbonyl (C=O) groups excluding carboxylic acids is 2. The van der Waals surface area contributed by atoms with E-state index in [9.17, 15) is 9.59 Å². The van der Waals surface area contributed by atoms with E-state index in [4.69, 9.17) is 15.2 Å². The summed E-state index contributed by atoms with van der Waals surface area (Å²) in [5, 5.41) is 2.78. The van der Waals surface area contributed by atoms with Crippen molar-refractivity contribution in [2.75, 3.05) is 37.6 Å². The van der Waals surface area contributed by atoms with Crippen LogP contribution in [0.4, 0.5) is 11.4 Å². The second-order valence-electron chi connectivity index (χ2n) is 6.72. The van der Waals surface area contributed by atoms with Crippen molar-refractivity contribution in [3.05, 3.63) is 53.6 Å². The summed E-state index contributed by atoms with van der Waals surface area (Å²) in [5.74, 6) is 0.408. The fourth-order valence-electron chi connectivity index (χ4n) is 3.26. The lowest BCUT2D eigenvalue weighted by Crippen LogP contribution is -2.39. The first kappa shape index (κ1) is 19.9. The first-order valence-corrected chi connectivity index (χ1v) is 9.13. The molecule has 1 aliphatic rings. The van der Waals surface area contributed by atoms with Crippen molar-refractivity contribution in [3.63, 3.8) is 0 Å². The highest BCUT2D eigenvalue weighted by molar-refractivity contribution is 5.99. The minimum atomic E-state index is -0.746. The number of benzene rings is 2. The zero-order chi connectivity index (χ0) is 20.1. The van der Waals surface area contributed by atoms with Gasteiger partial charge in [-0.25, -0.2) is 0 Å². The molecule has 0 fully saturated rings. The van der Waals surface area contributed by atoms with E-state index in [0.717, 1.165) is 29.0 Å². The van der Waals surface area contributed by atoms with Crippen LogP contribution in [0.3, 0.4) is 0 Å². The lowest BCUT2D eigenvalue weighted by Gasteiger charge is -2.19. The molecule has 2 aromatic rings. The first-order valence-electron chi connectivity index (χ1n) is 9.13. The lowest BCUT2D eigenvalue weighted by molar-refractivity contribution is -0.119. The van der Waals surface area contributed by atoms with Crippen molar-refractivity contribution >= 4 is 23.2 Å². The number of rotatable bonds is 7. The Kier molecular flexibility index (Phi) is 6.28. The summed E-state index contributed by atoms with van der Waals surface area (Å²) in [5.41, 5.74) is 9.17. The fraction of sp³-hybridized carbons (Fsp3) is 0.333. The van der Waals surface area contributed by atoms with E-state index >= 15 is 0 Å². The van der Waals surface area contributed by atoms with E-state index in [1.807, 2.05) is 42.5 Å². The number of nitrogens with zero attached hydrogens (tertiary/aromatic N) is 1. The summed E-state index contributed by atoms with van der Waals surface area (Å²) >= 11 is 0. The van der Waals surface area contributed by atoms with Gasteiger partial charge in [-0.3, -0.25) is 9.59 Å². The van der Waals surface area contributed by atoms with Gasteiger partial charge < -0.3 is 25.4 Å². The van der Waals surface area contributed by atoms with Gasteiger partial charge in [0.25, 0.3) is 0 Å². The second kappa shape index (κ2) is 8.86. The monoisotopic (exact) mass is 383 g/mol. The maximum absolute atomic E-state index is 12.9. The minimum Gasteiger partial charge on any atom is -0.497 e. The summed E-state index contributed by atoms with van der Waals surface area (Å²) in [7, 11) is 3.10. The van der Waals surface area contributed by atoms with E-state index < -0.39 is 6.04 Å². The zero-order valence-electron chi connectivity index (χ0n) is 16.1. The third kappa shape index (κ3) is 4.49. The van der Waals surface area contributed by atoms with Gasteiger partial charge in [-0.05, 0) is 41.8 Å². The molecule has 0 aromatic heterocycles. The summed E-state index contributed by atoms with van der Waals surface area (Å²) in [6.45, 7) is 0.765. The van der Waals surface area contributed by atoms with Gasteiger partial charge in [0, 0.05) is 25.0 Å². The van der Waals surface area contributed by atoms with Crippen LogP contribution in [0.5, 0.6) is 5.75 Å². The van der Waals surface area contributed by atoms with Crippen molar-refractivity contribution in [3.8, 4) is 5.75 Å². The second-order valence-corrected chi connectivity index (χ2v) is 6.72. The average Bonchev–Trinajstić information content (AvgIpc) is 3.11. The molecule has 3 rings (SSSR count). The molecule has 2 aromatic carbocycles. The van der Waals surface area contributed by atoms with Gasteiger partial charge in [-0.15, -0.1) is 0 Å². The molecule has 0 radical (unpaired) electrons. The predicted octanol–water partition coefficient (Wildman–Crippen LogP) is 1.74. The van der Waals surface area contributed by atoms with Crippen LogP contribution in [0, 0.1) is 0 Å². The van der Waals surface area contributed by atoms with Crippen LogP contribution in [-0.4, -0.2) is 45.2 Å². The SMILES string of the molecule is COCC(N)C(=O)Nc1ccc2c(c1)N(C(=O)Cc1cccc(OC)c1)CC2. The largest absolute Gasteiger partial charge is 0.497 e. The molecule has 148 valence electrons. The summed E-state index contributed by atoms with van der Waals surface area (Å²) < 4.78 is 10.1. The Bertz CT molecular complexity index is 868. The number of anilines is 2.